The zero-order valence-electron chi connectivity index (χ0n) is 8.19. The third kappa shape index (κ3) is 2.03. The molecule has 3 nitrogen and oxygen atoms in total. The summed E-state index contributed by atoms with van der Waals surface area (Å²) in [6.07, 6.45) is 0. The molecule has 14 heavy (non-hydrogen) atoms. The van der Waals surface area contributed by atoms with Crippen molar-refractivity contribution in [2.75, 3.05) is 26.7 Å². The monoisotopic (exact) mass is 210 g/mol. The van der Waals surface area contributed by atoms with Gasteiger partial charge in [0.05, 0.1) is 10.9 Å². The van der Waals surface area contributed by atoms with Crippen molar-refractivity contribution in [2.24, 2.45) is 0 Å². The summed E-state index contributed by atoms with van der Waals surface area (Å²) in [6, 6.07) is 3.79. The summed E-state index contributed by atoms with van der Waals surface area (Å²) in [5.74, 6) is 0.228. The van der Waals surface area contributed by atoms with Gasteiger partial charge in [-0.15, -0.1) is 11.3 Å². The van der Waals surface area contributed by atoms with Crippen molar-refractivity contribution in [1.82, 2.24) is 10.2 Å². The third-order valence-corrected chi connectivity index (χ3v) is 3.34. The molecule has 0 amide bonds. The molecular formula is C10H14N2OS. The van der Waals surface area contributed by atoms with E-state index >= 15 is 0 Å². The first kappa shape index (κ1) is 9.83. The number of hydrogen-bond acceptors (Lipinski definition) is 4. The molecule has 0 spiro atoms. The Bertz CT molecular complexity index is 310. The van der Waals surface area contributed by atoms with Gasteiger partial charge in [0.25, 0.3) is 0 Å². The number of carbonyl (C=O) groups excluding carboxylic acids is 1. The van der Waals surface area contributed by atoms with Crippen molar-refractivity contribution in [3.05, 3.63) is 22.4 Å². The van der Waals surface area contributed by atoms with Crippen LogP contribution >= 0.6 is 11.3 Å². The fourth-order valence-electron chi connectivity index (χ4n) is 1.66. The van der Waals surface area contributed by atoms with Gasteiger partial charge in [-0.1, -0.05) is 6.07 Å². The smallest absolute Gasteiger partial charge is 0.190 e. The Morgan fingerprint density at radius 1 is 1.71 bits per heavy atom. The molecule has 1 aromatic rings. The molecular weight excluding hydrogens is 196 g/mol. The first-order chi connectivity index (χ1) is 6.77. The van der Waals surface area contributed by atoms with Crippen LogP contribution in [0.2, 0.25) is 0 Å². The number of hydrogen-bond donors (Lipinski definition) is 1. The van der Waals surface area contributed by atoms with E-state index in [1.165, 1.54) is 11.3 Å². The number of likely N-dealkylation sites (N-methyl/N-ethyl adjacent to an activating group) is 1. The van der Waals surface area contributed by atoms with Crippen LogP contribution in [0.3, 0.4) is 0 Å². The first-order valence-electron chi connectivity index (χ1n) is 4.77. The zero-order chi connectivity index (χ0) is 9.97. The number of Topliss-reactive ketones (excluding diaryl/α,β-unsaturated/α-hetero) is 1. The molecule has 2 heterocycles. The van der Waals surface area contributed by atoms with Crippen LogP contribution in [0.5, 0.6) is 0 Å². The second kappa shape index (κ2) is 4.21. The van der Waals surface area contributed by atoms with E-state index in [-0.39, 0.29) is 11.8 Å². The summed E-state index contributed by atoms with van der Waals surface area (Å²) in [5, 5.41) is 5.20. The molecule has 0 saturated carbocycles. The quantitative estimate of drug-likeness (QED) is 0.734. The number of nitrogens with zero attached hydrogens (tertiary/aromatic N) is 1. The number of carbonyl (C=O) groups is 1. The molecule has 1 aliphatic heterocycles. The van der Waals surface area contributed by atoms with Gasteiger partial charge in [0, 0.05) is 19.6 Å². The summed E-state index contributed by atoms with van der Waals surface area (Å²) < 4.78 is 0. The number of piperazine rings is 1. The summed E-state index contributed by atoms with van der Waals surface area (Å²) in [6.45, 7) is 2.74. The lowest BCUT2D eigenvalue weighted by molar-refractivity contribution is 0.0898. The van der Waals surface area contributed by atoms with Gasteiger partial charge < -0.3 is 10.2 Å². The molecule has 0 aromatic carbocycles. The van der Waals surface area contributed by atoms with E-state index in [0.29, 0.717) is 0 Å². The molecule has 1 aliphatic rings. The first-order valence-corrected chi connectivity index (χ1v) is 5.65. The van der Waals surface area contributed by atoms with Crippen LogP contribution in [-0.2, 0) is 0 Å². The lowest BCUT2D eigenvalue weighted by atomic mass is 10.1. The maximum atomic E-state index is 11.9. The lowest BCUT2D eigenvalue weighted by Gasteiger charge is -2.29. The fourth-order valence-corrected chi connectivity index (χ4v) is 2.38. The van der Waals surface area contributed by atoms with Gasteiger partial charge >= 0.3 is 0 Å². The average molecular weight is 210 g/mol. The van der Waals surface area contributed by atoms with E-state index in [1.807, 2.05) is 17.5 Å². The van der Waals surface area contributed by atoms with Gasteiger partial charge in [0.1, 0.15) is 0 Å². The number of thiophene rings is 1. The molecule has 0 bridgehead atoms. The summed E-state index contributed by atoms with van der Waals surface area (Å²) in [5.41, 5.74) is 0. The van der Waals surface area contributed by atoms with Gasteiger partial charge in [-0.2, -0.15) is 0 Å². The average Bonchev–Trinajstić information content (AvgIpc) is 2.69. The van der Waals surface area contributed by atoms with Crippen LogP contribution in [0, 0.1) is 0 Å². The molecule has 1 saturated heterocycles. The minimum Gasteiger partial charge on any atom is -0.305 e. The zero-order valence-corrected chi connectivity index (χ0v) is 9.01. The standard InChI is InChI=1S/C10H14N2OS/c1-12-5-4-11-8(7-12)10(13)9-3-2-6-14-9/h2-3,6,8,11H,4-5,7H2,1H3. The number of ketones is 1. The number of nitrogens with one attached hydrogen (secondary N) is 1. The second-order valence-corrected chi connectivity index (χ2v) is 4.56. The van der Waals surface area contributed by atoms with E-state index in [2.05, 4.69) is 17.3 Å². The van der Waals surface area contributed by atoms with Gasteiger partial charge in [0.2, 0.25) is 0 Å². The molecule has 1 atom stereocenters. The Morgan fingerprint density at radius 3 is 3.21 bits per heavy atom. The SMILES string of the molecule is CN1CCNC(C(=O)c2cccs2)C1. The topological polar surface area (TPSA) is 32.3 Å². The molecule has 1 N–H and O–H groups in total. The fraction of sp³-hybridized carbons (Fsp3) is 0.500. The molecule has 76 valence electrons. The number of rotatable bonds is 2. The maximum absolute atomic E-state index is 11.9. The molecule has 2 rings (SSSR count). The normalized spacial score (nSPS) is 23.6. The Morgan fingerprint density at radius 2 is 2.57 bits per heavy atom. The highest BCUT2D eigenvalue weighted by atomic mass is 32.1. The molecule has 0 radical (unpaired) electrons. The summed E-state index contributed by atoms with van der Waals surface area (Å²) >= 11 is 1.52. The predicted octanol–water partition coefficient (Wildman–Crippen LogP) is 0.834. The minimum absolute atomic E-state index is 0.0209. The molecule has 1 aromatic heterocycles. The third-order valence-electron chi connectivity index (χ3n) is 2.46. The van der Waals surface area contributed by atoms with E-state index in [4.69, 9.17) is 0 Å². The molecule has 1 unspecified atom stereocenters. The van der Waals surface area contributed by atoms with Crippen LogP contribution < -0.4 is 5.32 Å². The highest BCUT2D eigenvalue weighted by Gasteiger charge is 2.24. The Hall–Kier alpha value is -0.710. The summed E-state index contributed by atoms with van der Waals surface area (Å²) in [4.78, 5) is 15.0. The van der Waals surface area contributed by atoms with E-state index in [1.54, 1.807) is 0 Å². The largest absolute Gasteiger partial charge is 0.305 e. The van der Waals surface area contributed by atoms with Gasteiger partial charge in [-0.05, 0) is 18.5 Å². The predicted molar refractivity (Wildman–Crippen MR) is 57.9 cm³/mol. The highest BCUT2D eigenvalue weighted by Crippen LogP contribution is 2.12. The Kier molecular flexibility index (Phi) is 2.96. The van der Waals surface area contributed by atoms with Crippen molar-refractivity contribution >= 4 is 17.1 Å². The Balaban J connectivity index is 2.04. The minimum atomic E-state index is -0.0209. The van der Waals surface area contributed by atoms with Crippen LogP contribution in [0.25, 0.3) is 0 Å². The van der Waals surface area contributed by atoms with Gasteiger partial charge in [0.15, 0.2) is 5.78 Å². The van der Waals surface area contributed by atoms with Crippen LogP contribution in [0.1, 0.15) is 9.67 Å². The highest BCUT2D eigenvalue weighted by molar-refractivity contribution is 7.12. The molecule has 0 aliphatic carbocycles. The van der Waals surface area contributed by atoms with E-state index < -0.39 is 0 Å². The maximum Gasteiger partial charge on any atom is 0.190 e. The van der Waals surface area contributed by atoms with Gasteiger partial charge in [-0.25, -0.2) is 0 Å². The van der Waals surface area contributed by atoms with Crippen LogP contribution in [0.4, 0.5) is 0 Å². The lowest BCUT2D eigenvalue weighted by Crippen LogP contribution is -2.52. The van der Waals surface area contributed by atoms with Crippen molar-refractivity contribution in [3.8, 4) is 0 Å². The molecule has 4 heteroatoms. The van der Waals surface area contributed by atoms with Crippen molar-refractivity contribution in [3.63, 3.8) is 0 Å². The van der Waals surface area contributed by atoms with Crippen molar-refractivity contribution < 1.29 is 4.79 Å². The van der Waals surface area contributed by atoms with E-state index in [0.717, 1.165) is 24.5 Å². The molecule has 1 fully saturated rings. The van der Waals surface area contributed by atoms with Crippen molar-refractivity contribution in [2.45, 2.75) is 6.04 Å². The van der Waals surface area contributed by atoms with Crippen LogP contribution in [0.15, 0.2) is 17.5 Å². The van der Waals surface area contributed by atoms with Gasteiger partial charge in [-0.3, -0.25) is 4.79 Å². The summed E-state index contributed by atoms with van der Waals surface area (Å²) in [7, 11) is 2.05. The Labute approximate surface area is 87.7 Å². The van der Waals surface area contributed by atoms with E-state index in [9.17, 15) is 4.79 Å². The second-order valence-electron chi connectivity index (χ2n) is 3.61. The van der Waals surface area contributed by atoms with Crippen molar-refractivity contribution in [1.29, 1.82) is 0 Å². The van der Waals surface area contributed by atoms with Crippen LogP contribution in [-0.4, -0.2) is 43.4 Å².